The number of aromatic amines is 1. The summed E-state index contributed by atoms with van der Waals surface area (Å²) >= 11 is 0. The molecule has 2 rings (SSSR count). The normalized spacial score (nSPS) is 10.2. The summed E-state index contributed by atoms with van der Waals surface area (Å²) in [5, 5.41) is 8.04. The van der Waals surface area contributed by atoms with E-state index in [4.69, 9.17) is 0 Å². The summed E-state index contributed by atoms with van der Waals surface area (Å²) in [5.74, 6) is 0. The lowest BCUT2D eigenvalue weighted by Crippen LogP contribution is -1.72. The Labute approximate surface area is 84.7 Å². The standard InChI is InChI=1S/C10H10N2.C2H6/c1-2-3-8-4-5-9-7-11-12-10(9)6-8;1-2/h2-7H,1H3,(H,11,12);1-2H3/b3-2+;. The molecule has 0 aliphatic rings. The highest BCUT2D eigenvalue weighted by atomic mass is 15.1. The zero-order valence-corrected chi connectivity index (χ0v) is 8.91. The van der Waals surface area contributed by atoms with Crippen LogP contribution in [-0.4, -0.2) is 10.2 Å². The Morgan fingerprint density at radius 1 is 1.29 bits per heavy atom. The summed E-state index contributed by atoms with van der Waals surface area (Å²) < 4.78 is 0. The highest BCUT2D eigenvalue weighted by Crippen LogP contribution is 2.13. The minimum Gasteiger partial charge on any atom is -0.278 e. The number of nitrogens with one attached hydrogen (secondary N) is 1. The van der Waals surface area contributed by atoms with E-state index < -0.39 is 0 Å². The fourth-order valence-electron chi connectivity index (χ4n) is 1.25. The molecule has 0 aliphatic heterocycles. The first-order valence-corrected chi connectivity index (χ1v) is 4.96. The van der Waals surface area contributed by atoms with Crippen LogP contribution in [0.1, 0.15) is 26.3 Å². The van der Waals surface area contributed by atoms with Crippen molar-refractivity contribution < 1.29 is 0 Å². The molecule has 1 aromatic carbocycles. The number of nitrogens with zero attached hydrogens (tertiary/aromatic N) is 1. The van der Waals surface area contributed by atoms with Gasteiger partial charge in [0, 0.05) is 5.39 Å². The third-order valence-electron chi connectivity index (χ3n) is 1.83. The maximum atomic E-state index is 3.95. The molecule has 0 radical (unpaired) electrons. The molecule has 1 heterocycles. The maximum Gasteiger partial charge on any atom is 0.0656 e. The number of rotatable bonds is 1. The molecule has 2 nitrogen and oxygen atoms in total. The molecule has 0 atom stereocenters. The smallest absolute Gasteiger partial charge is 0.0656 e. The molecule has 0 spiro atoms. The Morgan fingerprint density at radius 3 is 2.79 bits per heavy atom. The van der Waals surface area contributed by atoms with E-state index in [1.807, 2.05) is 33.0 Å². The van der Waals surface area contributed by atoms with Crippen LogP contribution in [-0.2, 0) is 0 Å². The molecular formula is C12H16N2. The topological polar surface area (TPSA) is 28.7 Å². The first-order valence-electron chi connectivity index (χ1n) is 4.96. The molecule has 14 heavy (non-hydrogen) atoms. The minimum atomic E-state index is 1.09. The Kier molecular flexibility index (Phi) is 3.92. The van der Waals surface area contributed by atoms with E-state index in [1.165, 1.54) is 5.56 Å². The van der Waals surface area contributed by atoms with Crippen LogP contribution >= 0.6 is 0 Å². The SMILES string of the molecule is C/C=C/c1ccc2cn[nH]c2c1.CC. The van der Waals surface area contributed by atoms with Gasteiger partial charge in [-0.15, -0.1) is 0 Å². The van der Waals surface area contributed by atoms with Gasteiger partial charge in [-0.05, 0) is 18.6 Å². The molecule has 0 amide bonds. The minimum absolute atomic E-state index is 1.09. The van der Waals surface area contributed by atoms with Crippen LogP contribution in [0.25, 0.3) is 17.0 Å². The third kappa shape index (κ3) is 2.22. The highest BCUT2D eigenvalue weighted by Gasteiger charge is 1.93. The summed E-state index contributed by atoms with van der Waals surface area (Å²) in [6.07, 6.45) is 5.92. The third-order valence-corrected chi connectivity index (χ3v) is 1.83. The molecule has 2 aromatic rings. The molecule has 74 valence electrons. The van der Waals surface area contributed by atoms with Crippen molar-refractivity contribution in [3.8, 4) is 0 Å². The number of benzene rings is 1. The van der Waals surface area contributed by atoms with Crippen molar-refractivity contribution in [3.63, 3.8) is 0 Å². The van der Waals surface area contributed by atoms with E-state index in [-0.39, 0.29) is 0 Å². The summed E-state index contributed by atoms with van der Waals surface area (Å²) in [6, 6.07) is 6.23. The van der Waals surface area contributed by atoms with Gasteiger partial charge in [-0.1, -0.05) is 38.1 Å². The lowest BCUT2D eigenvalue weighted by molar-refractivity contribution is 1.12. The van der Waals surface area contributed by atoms with Gasteiger partial charge in [0.05, 0.1) is 11.7 Å². The van der Waals surface area contributed by atoms with Gasteiger partial charge in [-0.25, -0.2) is 0 Å². The van der Waals surface area contributed by atoms with Crippen molar-refractivity contribution in [2.45, 2.75) is 20.8 Å². The van der Waals surface area contributed by atoms with Crippen molar-refractivity contribution in [1.82, 2.24) is 10.2 Å². The molecule has 0 saturated heterocycles. The number of hydrogen-bond donors (Lipinski definition) is 1. The second-order valence-electron chi connectivity index (χ2n) is 2.72. The largest absolute Gasteiger partial charge is 0.278 e. The first-order chi connectivity index (χ1) is 6.90. The fraction of sp³-hybridized carbons (Fsp3) is 0.250. The lowest BCUT2D eigenvalue weighted by atomic mass is 10.1. The molecular weight excluding hydrogens is 172 g/mol. The van der Waals surface area contributed by atoms with Gasteiger partial charge in [0.15, 0.2) is 0 Å². The van der Waals surface area contributed by atoms with Crippen LogP contribution in [0.5, 0.6) is 0 Å². The van der Waals surface area contributed by atoms with E-state index in [2.05, 4.69) is 34.5 Å². The predicted molar refractivity (Wildman–Crippen MR) is 62.1 cm³/mol. The van der Waals surface area contributed by atoms with Crippen LogP contribution in [0.3, 0.4) is 0 Å². The summed E-state index contributed by atoms with van der Waals surface area (Å²) in [4.78, 5) is 0. The fourth-order valence-corrected chi connectivity index (χ4v) is 1.25. The Bertz CT molecular complexity index is 413. The molecule has 0 bridgehead atoms. The van der Waals surface area contributed by atoms with Crippen molar-refractivity contribution in [2.75, 3.05) is 0 Å². The van der Waals surface area contributed by atoms with Crippen LogP contribution < -0.4 is 0 Å². The highest BCUT2D eigenvalue weighted by molar-refractivity contribution is 5.80. The predicted octanol–water partition coefficient (Wildman–Crippen LogP) is 3.62. The monoisotopic (exact) mass is 188 g/mol. The van der Waals surface area contributed by atoms with E-state index >= 15 is 0 Å². The molecule has 0 saturated carbocycles. The first kappa shape index (κ1) is 10.5. The summed E-state index contributed by atoms with van der Waals surface area (Å²) in [6.45, 7) is 6.01. The van der Waals surface area contributed by atoms with Crippen molar-refractivity contribution in [1.29, 1.82) is 0 Å². The van der Waals surface area contributed by atoms with Crippen molar-refractivity contribution in [2.24, 2.45) is 0 Å². The van der Waals surface area contributed by atoms with Gasteiger partial charge in [-0.2, -0.15) is 5.10 Å². The number of H-pyrrole nitrogens is 1. The second-order valence-corrected chi connectivity index (χ2v) is 2.72. The van der Waals surface area contributed by atoms with E-state index in [9.17, 15) is 0 Å². The Morgan fingerprint density at radius 2 is 2.07 bits per heavy atom. The van der Waals surface area contributed by atoms with E-state index in [0.717, 1.165) is 10.9 Å². The zero-order valence-electron chi connectivity index (χ0n) is 8.91. The van der Waals surface area contributed by atoms with Gasteiger partial charge in [0.2, 0.25) is 0 Å². The quantitative estimate of drug-likeness (QED) is 0.727. The number of hydrogen-bond acceptors (Lipinski definition) is 1. The molecule has 0 unspecified atom stereocenters. The maximum absolute atomic E-state index is 3.95. The zero-order chi connectivity index (χ0) is 10.4. The van der Waals surface area contributed by atoms with Crippen LogP contribution in [0.2, 0.25) is 0 Å². The average molecular weight is 188 g/mol. The van der Waals surface area contributed by atoms with E-state index in [0.29, 0.717) is 0 Å². The van der Waals surface area contributed by atoms with E-state index in [1.54, 1.807) is 0 Å². The van der Waals surface area contributed by atoms with Crippen molar-refractivity contribution in [3.05, 3.63) is 36.0 Å². The summed E-state index contributed by atoms with van der Waals surface area (Å²) in [5.41, 5.74) is 2.29. The Hall–Kier alpha value is -1.57. The van der Waals surface area contributed by atoms with Gasteiger partial charge < -0.3 is 0 Å². The molecule has 1 N–H and O–H groups in total. The molecule has 0 aliphatic carbocycles. The van der Waals surface area contributed by atoms with Gasteiger partial charge in [-0.3, -0.25) is 5.10 Å². The van der Waals surface area contributed by atoms with Gasteiger partial charge >= 0.3 is 0 Å². The lowest BCUT2D eigenvalue weighted by Gasteiger charge is -1.91. The van der Waals surface area contributed by atoms with Crippen LogP contribution in [0.4, 0.5) is 0 Å². The number of aromatic nitrogens is 2. The number of allylic oxidation sites excluding steroid dienone is 1. The van der Waals surface area contributed by atoms with Gasteiger partial charge in [0.25, 0.3) is 0 Å². The second kappa shape index (κ2) is 5.22. The molecule has 2 heteroatoms. The Balaban J connectivity index is 0.000000461. The van der Waals surface area contributed by atoms with Crippen LogP contribution in [0.15, 0.2) is 30.5 Å². The van der Waals surface area contributed by atoms with Gasteiger partial charge in [0.1, 0.15) is 0 Å². The molecule has 1 aromatic heterocycles. The van der Waals surface area contributed by atoms with Crippen molar-refractivity contribution >= 4 is 17.0 Å². The van der Waals surface area contributed by atoms with Crippen LogP contribution in [0, 0.1) is 0 Å². The average Bonchev–Trinajstić information content (AvgIpc) is 2.68. The number of fused-ring (bicyclic) bond motifs is 1. The summed E-state index contributed by atoms with van der Waals surface area (Å²) in [7, 11) is 0. The molecule has 0 fully saturated rings.